The van der Waals surface area contributed by atoms with Gasteiger partial charge >= 0.3 is 0 Å². The first kappa shape index (κ1) is 16.1. The third-order valence-corrected chi connectivity index (χ3v) is 2.80. The van der Waals surface area contributed by atoms with E-state index >= 15 is 0 Å². The summed E-state index contributed by atoms with van der Waals surface area (Å²) in [5.74, 6) is 0.703. The van der Waals surface area contributed by atoms with E-state index in [1.165, 1.54) is 5.56 Å². The van der Waals surface area contributed by atoms with Gasteiger partial charge in [0.1, 0.15) is 0 Å². The molecule has 0 aliphatic carbocycles. The van der Waals surface area contributed by atoms with Gasteiger partial charge in [-0.05, 0) is 12.3 Å². The molecule has 0 aliphatic rings. The zero-order valence-corrected chi connectivity index (χ0v) is 12.4. The van der Waals surface area contributed by atoms with Gasteiger partial charge in [-0.3, -0.25) is 4.68 Å². The fourth-order valence-electron chi connectivity index (χ4n) is 1.61. The van der Waals surface area contributed by atoms with Gasteiger partial charge in [0, 0.05) is 38.6 Å². The fraction of sp³-hybridized carbons (Fsp3) is 0.786. The average molecular weight is 269 g/mol. The molecule has 0 saturated carbocycles. The molecule has 0 saturated heterocycles. The Bertz CT molecular complexity index is 326. The lowest BCUT2D eigenvalue weighted by atomic mass is 10.1. The minimum Gasteiger partial charge on any atom is -0.383 e. The average Bonchev–Trinajstić information content (AvgIpc) is 2.82. The summed E-state index contributed by atoms with van der Waals surface area (Å²) in [4.78, 5) is 0. The lowest BCUT2D eigenvalue weighted by molar-refractivity contribution is 0.114. The molecule has 0 aromatic carbocycles. The van der Waals surface area contributed by atoms with Crippen molar-refractivity contribution in [3.05, 3.63) is 18.0 Å². The van der Waals surface area contributed by atoms with E-state index in [9.17, 15) is 0 Å². The molecular weight excluding hydrogens is 242 g/mol. The fourth-order valence-corrected chi connectivity index (χ4v) is 1.61. The molecule has 0 radical (unpaired) electrons. The molecule has 0 fully saturated rings. The number of methoxy groups -OCH3 is 1. The van der Waals surface area contributed by atoms with Crippen LogP contribution in [-0.4, -0.2) is 43.3 Å². The van der Waals surface area contributed by atoms with Gasteiger partial charge in [-0.2, -0.15) is 5.10 Å². The Kier molecular flexibility index (Phi) is 8.45. The van der Waals surface area contributed by atoms with Crippen LogP contribution < -0.4 is 5.32 Å². The van der Waals surface area contributed by atoms with Crippen LogP contribution in [0.5, 0.6) is 0 Å². The van der Waals surface area contributed by atoms with E-state index in [1.54, 1.807) is 7.11 Å². The second kappa shape index (κ2) is 9.95. The van der Waals surface area contributed by atoms with Crippen LogP contribution in [0.2, 0.25) is 0 Å². The molecule has 19 heavy (non-hydrogen) atoms. The molecule has 5 nitrogen and oxygen atoms in total. The van der Waals surface area contributed by atoms with Crippen molar-refractivity contribution < 1.29 is 9.47 Å². The molecule has 110 valence electrons. The predicted octanol–water partition coefficient (Wildman–Crippen LogP) is 1.68. The van der Waals surface area contributed by atoms with Crippen LogP contribution in [0.15, 0.2) is 12.4 Å². The molecule has 0 atom stereocenters. The Morgan fingerprint density at radius 3 is 2.89 bits per heavy atom. The van der Waals surface area contributed by atoms with Crippen molar-refractivity contribution >= 4 is 0 Å². The molecule has 0 bridgehead atoms. The SMILES string of the molecule is COCCNCc1cnn(CCOCCC(C)C)c1. The van der Waals surface area contributed by atoms with Gasteiger partial charge in [-0.1, -0.05) is 13.8 Å². The molecule has 0 aliphatic heterocycles. The van der Waals surface area contributed by atoms with Gasteiger partial charge in [0.15, 0.2) is 0 Å². The van der Waals surface area contributed by atoms with Crippen molar-refractivity contribution in [2.45, 2.75) is 33.4 Å². The first-order chi connectivity index (χ1) is 9.22. The van der Waals surface area contributed by atoms with Crippen molar-refractivity contribution in [1.29, 1.82) is 0 Å². The zero-order chi connectivity index (χ0) is 13.9. The normalized spacial score (nSPS) is 11.4. The number of hydrogen-bond donors (Lipinski definition) is 1. The Hall–Kier alpha value is -0.910. The summed E-state index contributed by atoms with van der Waals surface area (Å²) in [6.45, 7) is 9.22. The first-order valence-electron chi connectivity index (χ1n) is 7.01. The van der Waals surface area contributed by atoms with E-state index in [1.807, 2.05) is 10.9 Å². The lowest BCUT2D eigenvalue weighted by Gasteiger charge is -2.06. The summed E-state index contributed by atoms with van der Waals surface area (Å²) in [7, 11) is 1.71. The highest BCUT2D eigenvalue weighted by atomic mass is 16.5. The van der Waals surface area contributed by atoms with Crippen LogP contribution in [-0.2, 0) is 22.6 Å². The van der Waals surface area contributed by atoms with Crippen molar-refractivity contribution in [2.24, 2.45) is 5.92 Å². The lowest BCUT2D eigenvalue weighted by Crippen LogP contribution is -2.18. The molecule has 1 N–H and O–H groups in total. The second-order valence-corrected chi connectivity index (χ2v) is 5.08. The number of aromatic nitrogens is 2. The van der Waals surface area contributed by atoms with Crippen LogP contribution in [0, 0.1) is 5.92 Å². The number of nitrogens with zero attached hydrogens (tertiary/aromatic N) is 2. The third kappa shape index (κ3) is 7.97. The molecular formula is C14H27N3O2. The summed E-state index contributed by atoms with van der Waals surface area (Å²) in [6.07, 6.45) is 5.08. The summed E-state index contributed by atoms with van der Waals surface area (Å²) in [5.41, 5.74) is 1.19. The summed E-state index contributed by atoms with van der Waals surface area (Å²) in [5, 5.41) is 7.61. The molecule has 0 unspecified atom stereocenters. The molecule has 0 amide bonds. The molecule has 5 heteroatoms. The van der Waals surface area contributed by atoms with E-state index in [0.29, 0.717) is 5.92 Å². The zero-order valence-electron chi connectivity index (χ0n) is 12.4. The second-order valence-electron chi connectivity index (χ2n) is 5.08. The smallest absolute Gasteiger partial charge is 0.0662 e. The van der Waals surface area contributed by atoms with Crippen LogP contribution >= 0.6 is 0 Å². The van der Waals surface area contributed by atoms with Gasteiger partial charge in [0.2, 0.25) is 0 Å². The number of rotatable bonds is 11. The van der Waals surface area contributed by atoms with Crippen LogP contribution in [0.25, 0.3) is 0 Å². The Morgan fingerprint density at radius 2 is 2.16 bits per heavy atom. The molecule has 1 heterocycles. The maximum Gasteiger partial charge on any atom is 0.0662 e. The maximum atomic E-state index is 5.58. The quantitative estimate of drug-likeness (QED) is 0.621. The van der Waals surface area contributed by atoms with Crippen molar-refractivity contribution in [2.75, 3.05) is 33.5 Å². The van der Waals surface area contributed by atoms with Gasteiger partial charge in [-0.25, -0.2) is 0 Å². The molecule has 0 spiro atoms. The number of hydrogen-bond acceptors (Lipinski definition) is 4. The molecule has 1 aromatic heterocycles. The van der Waals surface area contributed by atoms with Gasteiger partial charge < -0.3 is 14.8 Å². The third-order valence-electron chi connectivity index (χ3n) is 2.80. The monoisotopic (exact) mass is 269 g/mol. The number of ether oxygens (including phenoxy) is 2. The molecule has 1 aromatic rings. The summed E-state index contributed by atoms with van der Waals surface area (Å²) < 4.78 is 12.5. The van der Waals surface area contributed by atoms with Crippen LogP contribution in [0.1, 0.15) is 25.8 Å². The van der Waals surface area contributed by atoms with E-state index in [2.05, 4.69) is 30.5 Å². The topological polar surface area (TPSA) is 48.3 Å². The highest BCUT2D eigenvalue weighted by Gasteiger charge is 1.99. The van der Waals surface area contributed by atoms with Gasteiger partial charge in [-0.15, -0.1) is 0 Å². The number of nitrogens with one attached hydrogen (secondary N) is 1. The Labute approximate surface area is 116 Å². The van der Waals surface area contributed by atoms with E-state index in [0.717, 1.165) is 45.9 Å². The van der Waals surface area contributed by atoms with Gasteiger partial charge in [0.05, 0.1) is 26.0 Å². The minimum absolute atomic E-state index is 0.703. The summed E-state index contributed by atoms with van der Waals surface area (Å²) >= 11 is 0. The highest BCUT2D eigenvalue weighted by Crippen LogP contribution is 2.00. The Balaban J connectivity index is 2.09. The van der Waals surface area contributed by atoms with Crippen molar-refractivity contribution in [3.63, 3.8) is 0 Å². The van der Waals surface area contributed by atoms with E-state index < -0.39 is 0 Å². The minimum atomic E-state index is 0.703. The van der Waals surface area contributed by atoms with Crippen LogP contribution in [0.4, 0.5) is 0 Å². The first-order valence-corrected chi connectivity index (χ1v) is 7.01. The maximum absolute atomic E-state index is 5.58. The van der Waals surface area contributed by atoms with Crippen LogP contribution in [0.3, 0.4) is 0 Å². The highest BCUT2D eigenvalue weighted by molar-refractivity contribution is 5.03. The molecule has 1 rings (SSSR count). The van der Waals surface area contributed by atoms with E-state index in [4.69, 9.17) is 9.47 Å². The summed E-state index contributed by atoms with van der Waals surface area (Å²) in [6, 6.07) is 0. The van der Waals surface area contributed by atoms with E-state index in [-0.39, 0.29) is 0 Å². The standard InChI is InChI=1S/C14H27N3O2/c1-13(2)4-7-19-9-6-17-12-14(11-16-17)10-15-5-8-18-3/h11-13,15H,4-10H2,1-3H3. The largest absolute Gasteiger partial charge is 0.383 e. The van der Waals surface area contributed by atoms with Crippen molar-refractivity contribution in [1.82, 2.24) is 15.1 Å². The van der Waals surface area contributed by atoms with Gasteiger partial charge in [0.25, 0.3) is 0 Å². The van der Waals surface area contributed by atoms with Crippen molar-refractivity contribution in [3.8, 4) is 0 Å². The Morgan fingerprint density at radius 1 is 1.32 bits per heavy atom. The predicted molar refractivity (Wildman–Crippen MR) is 76.1 cm³/mol.